The van der Waals surface area contributed by atoms with Crippen molar-refractivity contribution < 1.29 is 23.4 Å². The van der Waals surface area contributed by atoms with E-state index in [1.165, 1.54) is 10.7 Å². The Hall–Kier alpha value is -3.62. The Morgan fingerprint density at radius 1 is 1.08 bits per heavy atom. The summed E-state index contributed by atoms with van der Waals surface area (Å²) in [5.74, 6) is 0.539. The monoisotopic (exact) mass is 492 g/mol. The summed E-state index contributed by atoms with van der Waals surface area (Å²) in [5.41, 5.74) is 3.16. The molecule has 36 heavy (non-hydrogen) atoms. The van der Waals surface area contributed by atoms with Crippen LogP contribution in [0.4, 0.5) is 9.18 Å². The highest BCUT2D eigenvalue weighted by molar-refractivity contribution is 5.75. The van der Waals surface area contributed by atoms with Crippen molar-refractivity contribution in [1.29, 1.82) is 0 Å². The zero-order chi connectivity index (χ0) is 25.0. The number of carbonyl (C=O) groups excluding carboxylic acids is 1. The average Bonchev–Trinajstić information content (AvgIpc) is 3.38. The SMILES string of the molecule is CC(C)(C)OC(=O)N1C2CCC1CC(Oc1ccc3c(n1)OCc1cc(-n4ccc(F)n4)ccc1-3)C2. The van der Waals surface area contributed by atoms with Crippen LogP contribution in [0.2, 0.25) is 0 Å². The minimum atomic E-state index is -0.519. The molecule has 2 unspecified atom stereocenters. The number of hydrogen-bond acceptors (Lipinski definition) is 6. The van der Waals surface area contributed by atoms with Crippen molar-refractivity contribution in [3.8, 4) is 28.6 Å². The molecule has 3 aromatic rings. The summed E-state index contributed by atoms with van der Waals surface area (Å²) < 4.78 is 32.7. The second kappa shape index (κ2) is 8.50. The highest BCUT2D eigenvalue weighted by Crippen LogP contribution is 2.41. The Kier molecular flexibility index (Phi) is 5.39. The minimum absolute atomic E-state index is 0.0142. The van der Waals surface area contributed by atoms with Gasteiger partial charge in [-0.2, -0.15) is 9.37 Å². The van der Waals surface area contributed by atoms with Crippen molar-refractivity contribution in [2.24, 2.45) is 0 Å². The molecule has 0 saturated carbocycles. The van der Waals surface area contributed by atoms with Crippen molar-refractivity contribution in [3.63, 3.8) is 0 Å². The van der Waals surface area contributed by atoms with Gasteiger partial charge in [-0.15, -0.1) is 5.10 Å². The molecule has 3 aliphatic heterocycles. The van der Waals surface area contributed by atoms with E-state index in [4.69, 9.17) is 14.2 Å². The van der Waals surface area contributed by atoms with Gasteiger partial charge in [0.2, 0.25) is 17.7 Å². The molecule has 2 aromatic heterocycles. The van der Waals surface area contributed by atoms with Crippen molar-refractivity contribution in [1.82, 2.24) is 19.7 Å². The quantitative estimate of drug-likeness (QED) is 0.495. The van der Waals surface area contributed by atoms with Gasteiger partial charge in [0, 0.05) is 48.8 Å². The first-order chi connectivity index (χ1) is 17.2. The zero-order valence-electron chi connectivity index (χ0n) is 20.6. The smallest absolute Gasteiger partial charge is 0.410 e. The summed E-state index contributed by atoms with van der Waals surface area (Å²) in [6, 6.07) is 11.2. The molecule has 2 fully saturated rings. The maximum atomic E-state index is 13.3. The lowest BCUT2D eigenvalue weighted by Gasteiger charge is -2.39. The number of benzene rings is 1. The van der Waals surface area contributed by atoms with E-state index in [-0.39, 0.29) is 24.3 Å². The zero-order valence-corrected chi connectivity index (χ0v) is 20.6. The number of ether oxygens (including phenoxy) is 3. The Morgan fingerprint density at radius 2 is 1.83 bits per heavy atom. The van der Waals surface area contributed by atoms with E-state index in [1.807, 2.05) is 56.0 Å². The first-order valence-electron chi connectivity index (χ1n) is 12.4. The second-order valence-corrected chi connectivity index (χ2v) is 10.7. The molecule has 8 nitrogen and oxygen atoms in total. The summed E-state index contributed by atoms with van der Waals surface area (Å²) >= 11 is 0. The molecular weight excluding hydrogens is 463 g/mol. The van der Waals surface area contributed by atoms with E-state index < -0.39 is 11.5 Å². The van der Waals surface area contributed by atoms with Crippen LogP contribution >= 0.6 is 0 Å². The largest absolute Gasteiger partial charge is 0.474 e. The Bertz CT molecular complexity index is 1300. The molecular formula is C27H29FN4O4. The molecule has 0 radical (unpaired) electrons. The molecule has 9 heteroatoms. The van der Waals surface area contributed by atoms with Crippen molar-refractivity contribution >= 4 is 6.09 Å². The van der Waals surface area contributed by atoms with Crippen LogP contribution in [0.3, 0.4) is 0 Å². The predicted octanol–water partition coefficient (Wildman–Crippen LogP) is 5.28. The van der Waals surface area contributed by atoms with Gasteiger partial charge in [-0.1, -0.05) is 6.07 Å². The van der Waals surface area contributed by atoms with Crippen LogP contribution in [-0.2, 0) is 11.3 Å². The number of aromatic nitrogens is 3. The number of rotatable bonds is 3. The van der Waals surface area contributed by atoms with Crippen LogP contribution in [-0.4, -0.2) is 49.5 Å². The van der Waals surface area contributed by atoms with Crippen molar-refractivity contribution in [2.75, 3.05) is 0 Å². The standard InChI is InChI=1S/C27H29FN4O4/c1-27(2,3)36-26(33)32-18-4-5-19(32)14-20(13-18)35-24-9-8-22-21-7-6-17(31-11-10-23(28)30-31)12-16(21)15-34-25(22)29-24/h6-12,18-20H,4-5,13-15H2,1-3H3. The van der Waals surface area contributed by atoms with E-state index in [9.17, 15) is 9.18 Å². The van der Waals surface area contributed by atoms with E-state index >= 15 is 0 Å². The molecule has 1 aromatic carbocycles. The highest BCUT2D eigenvalue weighted by Gasteiger charge is 2.45. The van der Waals surface area contributed by atoms with Gasteiger partial charge in [0.05, 0.1) is 5.69 Å². The maximum Gasteiger partial charge on any atom is 0.410 e. The summed E-state index contributed by atoms with van der Waals surface area (Å²) in [6.45, 7) is 6.04. The Balaban J connectivity index is 1.16. The topological polar surface area (TPSA) is 78.7 Å². The lowest BCUT2D eigenvalue weighted by molar-refractivity contribution is -0.00765. The van der Waals surface area contributed by atoms with Gasteiger partial charge in [-0.3, -0.25) is 0 Å². The third kappa shape index (κ3) is 4.27. The number of halogens is 1. The highest BCUT2D eigenvalue weighted by atomic mass is 19.1. The number of amides is 1. The molecule has 0 N–H and O–H groups in total. The number of pyridine rings is 1. The van der Waals surface area contributed by atoms with Crippen molar-refractivity contribution in [2.45, 2.75) is 76.9 Å². The van der Waals surface area contributed by atoms with E-state index in [0.29, 0.717) is 18.4 Å². The summed E-state index contributed by atoms with van der Waals surface area (Å²) in [4.78, 5) is 19.3. The number of piperidine rings is 1. The van der Waals surface area contributed by atoms with Crippen LogP contribution in [0.25, 0.3) is 16.8 Å². The first kappa shape index (κ1) is 22.8. The number of nitrogens with zero attached hydrogens (tertiary/aromatic N) is 4. The Morgan fingerprint density at radius 3 is 2.53 bits per heavy atom. The van der Waals surface area contributed by atoms with Gasteiger partial charge in [-0.05, 0) is 62.9 Å². The molecule has 3 aliphatic rings. The van der Waals surface area contributed by atoms with E-state index in [0.717, 1.165) is 48.1 Å². The molecule has 1 amide bonds. The first-order valence-corrected chi connectivity index (χ1v) is 12.4. The number of hydrogen-bond donors (Lipinski definition) is 0. The van der Waals surface area contributed by atoms with Gasteiger partial charge in [0.25, 0.3) is 0 Å². The molecule has 6 rings (SSSR count). The van der Waals surface area contributed by atoms with Crippen LogP contribution in [0.5, 0.6) is 11.8 Å². The minimum Gasteiger partial charge on any atom is -0.474 e. The predicted molar refractivity (Wildman–Crippen MR) is 130 cm³/mol. The fourth-order valence-corrected chi connectivity index (χ4v) is 5.51. The van der Waals surface area contributed by atoms with Crippen LogP contribution in [0.15, 0.2) is 42.6 Å². The average molecular weight is 493 g/mol. The van der Waals surface area contributed by atoms with E-state index in [2.05, 4.69) is 10.1 Å². The number of fused-ring (bicyclic) bond motifs is 5. The molecule has 188 valence electrons. The summed E-state index contributed by atoms with van der Waals surface area (Å²) in [7, 11) is 0. The molecule has 5 heterocycles. The van der Waals surface area contributed by atoms with Gasteiger partial charge in [0.15, 0.2) is 0 Å². The van der Waals surface area contributed by atoms with Gasteiger partial charge in [0.1, 0.15) is 18.3 Å². The van der Waals surface area contributed by atoms with Crippen LogP contribution in [0, 0.1) is 5.95 Å². The van der Waals surface area contributed by atoms with Gasteiger partial charge in [-0.25, -0.2) is 9.48 Å². The molecule has 0 spiro atoms. The summed E-state index contributed by atoms with van der Waals surface area (Å²) in [6.07, 6.45) is 4.80. The van der Waals surface area contributed by atoms with Crippen LogP contribution < -0.4 is 9.47 Å². The fraction of sp³-hybridized carbons (Fsp3) is 0.444. The van der Waals surface area contributed by atoms with Crippen molar-refractivity contribution in [3.05, 3.63) is 54.1 Å². The fourth-order valence-electron chi connectivity index (χ4n) is 5.51. The maximum absolute atomic E-state index is 13.3. The molecule has 2 atom stereocenters. The Labute approximate surface area is 209 Å². The molecule has 2 bridgehead atoms. The normalized spacial score (nSPS) is 22.4. The second-order valence-electron chi connectivity index (χ2n) is 10.7. The lowest BCUT2D eigenvalue weighted by atomic mass is 9.98. The number of carbonyl (C=O) groups is 1. The van der Waals surface area contributed by atoms with Gasteiger partial charge < -0.3 is 19.1 Å². The molecule has 0 aliphatic carbocycles. The van der Waals surface area contributed by atoms with Gasteiger partial charge >= 0.3 is 6.09 Å². The van der Waals surface area contributed by atoms with E-state index in [1.54, 1.807) is 6.20 Å². The third-order valence-electron chi connectivity index (χ3n) is 6.98. The summed E-state index contributed by atoms with van der Waals surface area (Å²) in [5, 5.41) is 3.84. The molecule has 2 saturated heterocycles. The third-order valence-corrected chi connectivity index (χ3v) is 6.98. The van der Waals surface area contributed by atoms with Crippen LogP contribution in [0.1, 0.15) is 52.0 Å². The lowest BCUT2D eigenvalue weighted by Crippen LogP contribution is -2.50.